The van der Waals surface area contributed by atoms with Crippen LogP contribution in [0, 0.1) is 29.1 Å². The highest BCUT2D eigenvalue weighted by Gasteiger charge is 2.64. The van der Waals surface area contributed by atoms with Gasteiger partial charge in [0.05, 0.1) is 17.3 Å². The van der Waals surface area contributed by atoms with Gasteiger partial charge >= 0.3 is 23.2 Å². The van der Waals surface area contributed by atoms with Crippen molar-refractivity contribution in [3.8, 4) is 10.6 Å². The highest BCUT2D eigenvalue weighted by molar-refractivity contribution is 7.86. The van der Waals surface area contributed by atoms with Crippen molar-refractivity contribution in [1.29, 1.82) is 0 Å². The van der Waals surface area contributed by atoms with E-state index in [1.807, 2.05) is 32.9 Å². The number of ether oxygens (including phenoxy) is 3. The van der Waals surface area contributed by atoms with E-state index in [1.54, 1.807) is 19.1 Å². The summed E-state index contributed by atoms with van der Waals surface area (Å²) in [5.41, 5.74) is -0.776. The van der Waals surface area contributed by atoms with Crippen molar-refractivity contribution in [2.24, 2.45) is 29.1 Å². The Morgan fingerprint density at radius 3 is 1.58 bits per heavy atom. The van der Waals surface area contributed by atoms with Crippen LogP contribution in [0.4, 0.5) is 8.78 Å². The van der Waals surface area contributed by atoms with Gasteiger partial charge in [0.15, 0.2) is 30.5 Å². The fourth-order valence-electron chi connectivity index (χ4n) is 11.0. The molecule has 0 aliphatic heterocycles. The molecule has 0 spiro atoms. The maximum atomic E-state index is 13.8. The van der Waals surface area contributed by atoms with Crippen molar-refractivity contribution in [1.82, 2.24) is 0 Å². The second-order valence-corrected chi connectivity index (χ2v) is 24.5. The molecular formula is C64H98F2O10S2. The zero-order valence-corrected chi connectivity index (χ0v) is 44.8. The highest BCUT2D eigenvalue weighted by Crippen LogP contribution is 2.63. The quantitative estimate of drug-likeness (QED) is 0.0521. The Bertz CT molecular complexity index is 2670. The largest absolute Gasteiger partial charge is 0.743 e. The van der Waals surface area contributed by atoms with Gasteiger partial charge in [-0.3, -0.25) is 14.4 Å². The molecule has 14 heteroatoms. The van der Waals surface area contributed by atoms with Gasteiger partial charge in [-0.2, -0.15) is 8.78 Å². The third-order valence-electron chi connectivity index (χ3n) is 15.4. The molecule has 0 saturated heterocycles. The van der Waals surface area contributed by atoms with Crippen LogP contribution in [0.1, 0.15) is 195 Å². The molecular weight excluding hydrogens is 1030 g/mol. The molecule has 440 valence electrons. The van der Waals surface area contributed by atoms with E-state index in [9.17, 15) is 36.1 Å². The van der Waals surface area contributed by atoms with Gasteiger partial charge in [0.2, 0.25) is 0 Å². The molecule has 10 rings (SSSR count). The molecule has 6 unspecified atom stereocenters. The second kappa shape index (κ2) is 30.6. The van der Waals surface area contributed by atoms with Crippen LogP contribution >= 0.6 is 10.5 Å². The first kappa shape index (κ1) is 73.1. The molecule has 5 fully saturated rings. The Kier molecular flexibility index (Phi) is 28.7. The number of halogens is 2. The lowest BCUT2D eigenvalue weighted by atomic mass is 9.48. The Labute approximate surface area is 472 Å². The third kappa shape index (κ3) is 17.1. The molecule has 1 aromatic heterocycles. The number of carbonyl (C=O) groups excluding carboxylic acids is 3. The maximum Gasteiger partial charge on any atom is 0.369 e. The molecule has 1 heterocycles. The normalized spacial score (nSPS) is 21.6. The lowest BCUT2D eigenvalue weighted by Crippen LogP contribution is -2.60. The Hall–Kier alpha value is -4.92. The fourth-order valence-corrected chi connectivity index (χ4v) is 13.9. The van der Waals surface area contributed by atoms with Crippen LogP contribution in [0.25, 0.3) is 25.1 Å². The standard InChI is InChI=1S/C19H28F2O7S.C18H13S.C11H20O2.C10H14O.6CH4/c1-4-11(2)15(22)28-18-8-13-5-14(9-18)7-17(6-13,10-18)16(23)27-12(3)19(20,21)29(24,25)26;1-2-8-14(9-3-1)19-17-12-6-4-10-15(17)16-11-5-7-13-18(16)19;1-4-9(2)10(12)13-11(3)7-5-6-8-11;1-3-8(2)9-4-6-10(11)7-5-9;;;;;;/h11-14H,4-10H2,1-3H3,(H,24,25,26);1-13H;9H,4-8H2,1-3H3;4-8,11H,3H2,1-2H3;6*1H4/q;+1;;;;;;;;/p-1. The van der Waals surface area contributed by atoms with Gasteiger partial charge in [0.1, 0.15) is 17.0 Å². The molecule has 10 nitrogen and oxygen atoms in total. The summed E-state index contributed by atoms with van der Waals surface area (Å²) in [6.45, 7) is 14.7. The lowest BCUT2D eigenvalue weighted by molar-refractivity contribution is -0.220. The molecule has 4 bridgehead atoms. The molecule has 5 saturated carbocycles. The summed E-state index contributed by atoms with van der Waals surface area (Å²) < 4.78 is 79.2. The number of hydrogen-bond acceptors (Lipinski definition) is 10. The number of alkyl halides is 2. The van der Waals surface area contributed by atoms with Crippen LogP contribution < -0.4 is 0 Å². The SMILES string of the molecule is C.C.C.C.C.C.CCC(C)C(=O)OC1(C)CCCC1.CCC(C)C(=O)OC12CC3CC(C1)CC(C(=O)OC(C)C(F)(F)S(=O)(=O)[O-])(C3)C2.CCC(C)c1ccc(O)cc1.c1ccc(-[s+]2c3ccccc3c3ccccc32)cc1. The predicted octanol–water partition coefficient (Wildman–Crippen LogP) is 18.3. The van der Waals surface area contributed by atoms with E-state index in [-0.39, 0.29) is 103 Å². The van der Waals surface area contributed by atoms with Gasteiger partial charge in [-0.25, -0.2) is 8.42 Å². The predicted molar refractivity (Wildman–Crippen MR) is 320 cm³/mol. The number of carbonyl (C=O) groups is 3. The molecule has 5 aliphatic carbocycles. The van der Waals surface area contributed by atoms with Crippen LogP contribution in [0.3, 0.4) is 0 Å². The molecule has 5 aromatic rings. The lowest BCUT2D eigenvalue weighted by Gasteiger charge is -2.60. The van der Waals surface area contributed by atoms with Gasteiger partial charge in [0.25, 0.3) is 0 Å². The van der Waals surface area contributed by atoms with E-state index in [0.29, 0.717) is 50.7 Å². The van der Waals surface area contributed by atoms with Crippen LogP contribution in [0.5, 0.6) is 5.75 Å². The number of esters is 3. The van der Waals surface area contributed by atoms with Crippen molar-refractivity contribution < 1.29 is 55.5 Å². The maximum absolute atomic E-state index is 13.8. The first-order valence-corrected chi connectivity index (χ1v) is 28.4. The molecule has 0 amide bonds. The molecule has 0 radical (unpaired) electrons. The third-order valence-corrected chi connectivity index (χ3v) is 18.8. The number of benzene rings is 4. The average Bonchev–Trinajstić information content (AvgIpc) is 3.94. The minimum Gasteiger partial charge on any atom is -0.743 e. The summed E-state index contributed by atoms with van der Waals surface area (Å²) >= 11 is 0. The van der Waals surface area contributed by atoms with Crippen LogP contribution in [-0.2, 0) is 38.7 Å². The van der Waals surface area contributed by atoms with Gasteiger partial charge in [-0.05, 0) is 163 Å². The van der Waals surface area contributed by atoms with E-state index in [0.717, 1.165) is 32.1 Å². The second-order valence-electron chi connectivity index (χ2n) is 21.1. The summed E-state index contributed by atoms with van der Waals surface area (Å²) in [6.07, 6.45) is 7.85. The zero-order valence-electron chi connectivity index (χ0n) is 43.2. The van der Waals surface area contributed by atoms with Crippen LogP contribution in [-0.4, -0.2) is 58.5 Å². The van der Waals surface area contributed by atoms with Gasteiger partial charge in [-0.1, -0.05) is 141 Å². The minimum absolute atomic E-state index is 0. The number of phenolic OH excluding ortho intramolecular Hbond substituents is 1. The molecule has 6 atom stereocenters. The number of phenols is 1. The van der Waals surface area contributed by atoms with Gasteiger partial charge in [-0.15, -0.1) is 0 Å². The van der Waals surface area contributed by atoms with E-state index >= 15 is 0 Å². The number of thiophene rings is 1. The van der Waals surface area contributed by atoms with Gasteiger partial charge in [0, 0.05) is 27.7 Å². The van der Waals surface area contributed by atoms with Crippen molar-refractivity contribution in [3.05, 3.63) is 109 Å². The molecule has 4 aromatic carbocycles. The number of fused-ring (bicyclic) bond motifs is 3. The summed E-state index contributed by atoms with van der Waals surface area (Å²) in [5, 5.41) is 7.08. The number of hydrogen-bond donors (Lipinski definition) is 1. The Balaban J connectivity index is 0.00000105. The van der Waals surface area contributed by atoms with Crippen LogP contribution in [0.15, 0.2) is 103 Å². The van der Waals surface area contributed by atoms with Crippen LogP contribution in [0.2, 0.25) is 0 Å². The summed E-state index contributed by atoms with van der Waals surface area (Å²) in [7, 11) is -5.91. The number of rotatable bonds is 13. The van der Waals surface area contributed by atoms with E-state index in [4.69, 9.17) is 19.3 Å². The first-order chi connectivity index (χ1) is 34.0. The van der Waals surface area contributed by atoms with Gasteiger partial charge < -0.3 is 23.9 Å². The average molecular weight is 1130 g/mol. The summed E-state index contributed by atoms with van der Waals surface area (Å²) in [5.74, 6) is -0.384. The Morgan fingerprint density at radius 2 is 1.13 bits per heavy atom. The smallest absolute Gasteiger partial charge is 0.369 e. The monoisotopic (exact) mass is 1130 g/mol. The summed E-state index contributed by atoms with van der Waals surface area (Å²) in [6, 6.07) is 35.8. The van der Waals surface area contributed by atoms with E-state index in [1.165, 1.54) is 43.5 Å². The van der Waals surface area contributed by atoms with Crippen molar-refractivity contribution in [2.45, 2.75) is 212 Å². The van der Waals surface area contributed by atoms with E-state index < -0.39 is 38.5 Å². The highest BCUT2D eigenvalue weighted by atomic mass is 32.2. The van der Waals surface area contributed by atoms with Crippen molar-refractivity contribution in [3.63, 3.8) is 0 Å². The zero-order chi connectivity index (χ0) is 52.6. The molecule has 1 N–H and O–H groups in total. The van der Waals surface area contributed by atoms with Crippen molar-refractivity contribution >= 4 is 58.7 Å². The van der Waals surface area contributed by atoms with E-state index in [2.05, 4.69) is 99.6 Å². The van der Waals surface area contributed by atoms with Crippen molar-refractivity contribution in [2.75, 3.05) is 0 Å². The number of aromatic hydroxyl groups is 1. The molecule has 78 heavy (non-hydrogen) atoms. The molecule has 5 aliphatic rings. The summed E-state index contributed by atoms with van der Waals surface area (Å²) in [4.78, 5) is 38.2. The minimum atomic E-state index is -5.97. The Morgan fingerprint density at radius 1 is 0.679 bits per heavy atom. The first-order valence-electron chi connectivity index (χ1n) is 25.8. The fraction of sp³-hybridized carbons (Fsp3) is 0.578. The topological polar surface area (TPSA) is 156 Å².